The summed E-state index contributed by atoms with van der Waals surface area (Å²) in [7, 11) is 1.32. The number of carbonyl (C=O) groups is 2. The number of esters is 1. The van der Waals surface area contributed by atoms with Crippen LogP contribution in [0.4, 0.5) is 4.79 Å². The zero-order chi connectivity index (χ0) is 19.2. The van der Waals surface area contributed by atoms with Crippen molar-refractivity contribution in [3.63, 3.8) is 0 Å². The molecule has 7 heteroatoms. The minimum absolute atomic E-state index is 0.299. The van der Waals surface area contributed by atoms with Gasteiger partial charge in [0.05, 0.1) is 19.8 Å². The summed E-state index contributed by atoms with van der Waals surface area (Å²) in [6.45, 7) is 6.28. The van der Waals surface area contributed by atoms with Crippen molar-refractivity contribution in [1.29, 1.82) is 0 Å². The van der Waals surface area contributed by atoms with Crippen molar-refractivity contribution in [2.45, 2.75) is 57.9 Å². The van der Waals surface area contributed by atoms with Crippen LogP contribution in [0.3, 0.4) is 0 Å². The molecule has 1 fully saturated rings. The van der Waals surface area contributed by atoms with E-state index in [-0.39, 0.29) is 6.04 Å². The fraction of sp³-hybridized carbons (Fsp3) is 0.579. The van der Waals surface area contributed by atoms with E-state index >= 15 is 0 Å². The number of methoxy groups -OCH3 is 1. The number of nitrogens with zero attached hydrogens (tertiary/aromatic N) is 1. The molecule has 0 aromatic heterocycles. The zero-order valence-corrected chi connectivity index (χ0v) is 15.9. The van der Waals surface area contributed by atoms with Gasteiger partial charge >= 0.3 is 12.1 Å². The maximum Gasteiger partial charge on any atom is 0.410 e. The molecule has 2 atom stereocenters. The number of carbonyl (C=O) groups excluding carboxylic acids is 2. The second kappa shape index (κ2) is 9.00. The highest BCUT2D eigenvalue weighted by molar-refractivity contribution is 5.78. The smallest absolute Gasteiger partial charge is 0.410 e. The first-order chi connectivity index (χ1) is 12.3. The first kappa shape index (κ1) is 20.2. The summed E-state index contributed by atoms with van der Waals surface area (Å²) in [4.78, 5) is 31.8. The Labute approximate surface area is 154 Å². The molecule has 1 amide bonds. The Bertz CT molecular complexity index is 600. The lowest BCUT2D eigenvalue weighted by Gasteiger charge is -2.32. The third-order valence-electron chi connectivity index (χ3n) is 4.06. The first-order valence-electron chi connectivity index (χ1n) is 8.80. The number of rotatable bonds is 6. The lowest BCUT2D eigenvalue weighted by molar-refractivity contribution is -0.150. The average molecular weight is 364 g/mol. The van der Waals surface area contributed by atoms with Gasteiger partial charge in [-0.25, -0.2) is 4.79 Å². The minimum Gasteiger partial charge on any atom is -0.468 e. The zero-order valence-electron chi connectivity index (χ0n) is 15.9. The van der Waals surface area contributed by atoms with Gasteiger partial charge in [0, 0.05) is 6.54 Å². The van der Waals surface area contributed by atoms with Crippen LogP contribution in [0.2, 0.25) is 0 Å². The Kier molecular flexibility index (Phi) is 6.99. The number of likely N-dealkylation sites (tertiary alicyclic amines) is 1. The van der Waals surface area contributed by atoms with Crippen LogP contribution in [0.15, 0.2) is 30.3 Å². The summed E-state index contributed by atoms with van der Waals surface area (Å²) in [6, 6.07) is 8.45. The van der Waals surface area contributed by atoms with Crippen LogP contribution in [0.1, 0.15) is 39.2 Å². The molecule has 1 saturated heterocycles. The molecule has 1 aromatic rings. The number of ether oxygens (including phenoxy) is 2. The van der Waals surface area contributed by atoms with E-state index in [9.17, 15) is 9.59 Å². The largest absolute Gasteiger partial charge is 0.468 e. The summed E-state index contributed by atoms with van der Waals surface area (Å²) >= 11 is 0. The van der Waals surface area contributed by atoms with Gasteiger partial charge in [-0.3, -0.25) is 9.63 Å². The summed E-state index contributed by atoms with van der Waals surface area (Å²) in [5, 5.41) is 0. The predicted octanol–water partition coefficient (Wildman–Crippen LogP) is 2.65. The topological polar surface area (TPSA) is 77.1 Å². The highest BCUT2D eigenvalue weighted by Crippen LogP contribution is 2.24. The van der Waals surface area contributed by atoms with E-state index in [1.165, 1.54) is 7.11 Å². The SMILES string of the molecule is COC(=O)C(NOCc1ccccc1)C1CCCN1C(=O)OC(C)(C)C. The molecule has 1 aliphatic heterocycles. The van der Waals surface area contributed by atoms with E-state index in [4.69, 9.17) is 14.3 Å². The van der Waals surface area contributed by atoms with Gasteiger partial charge in [-0.05, 0) is 39.2 Å². The van der Waals surface area contributed by atoms with E-state index in [2.05, 4.69) is 5.48 Å². The maximum absolute atomic E-state index is 12.5. The van der Waals surface area contributed by atoms with Crippen molar-refractivity contribution in [2.24, 2.45) is 0 Å². The molecule has 144 valence electrons. The number of amides is 1. The van der Waals surface area contributed by atoms with E-state index in [0.29, 0.717) is 19.6 Å². The molecule has 26 heavy (non-hydrogen) atoms. The fourth-order valence-corrected chi connectivity index (χ4v) is 2.89. The molecule has 1 aliphatic rings. The number of hydroxylamine groups is 1. The van der Waals surface area contributed by atoms with E-state index < -0.39 is 23.7 Å². The summed E-state index contributed by atoms with van der Waals surface area (Å²) in [5.41, 5.74) is 3.16. The van der Waals surface area contributed by atoms with Crippen molar-refractivity contribution in [3.8, 4) is 0 Å². The van der Waals surface area contributed by atoms with Gasteiger partial charge in [0.2, 0.25) is 0 Å². The molecule has 1 aromatic carbocycles. The van der Waals surface area contributed by atoms with Crippen LogP contribution < -0.4 is 5.48 Å². The Morgan fingerprint density at radius 2 is 1.96 bits per heavy atom. The average Bonchev–Trinajstić information content (AvgIpc) is 3.07. The number of hydrogen-bond acceptors (Lipinski definition) is 6. The van der Waals surface area contributed by atoms with Gasteiger partial charge in [-0.2, -0.15) is 5.48 Å². The van der Waals surface area contributed by atoms with E-state index in [1.807, 2.05) is 51.1 Å². The molecular weight excluding hydrogens is 336 g/mol. The highest BCUT2D eigenvalue weighted by Gasteiger charge is 2.41. The number of hydrogen-bond donors (Lipinski definition) is 1. The van der Waals surface area contributed by atoms with Crippen molar-refractivity contribution < 1.29 is 23.9 Å². The van der Waals surface area contributed by atoms with Gasteiger partial charge < -0.3 is 14.4 Å². The second-order valence-corrected chi connectivity index (χ2v) is 7.28. The molecule has 0 saturated carbocycles. The van der Waals surface area contributed by atoms with Crippen LogP contribution in [0.25, 0.3) is 0 Å². The molecular formula is C19H28N2O5. The molecule has 1 heterocycles. The third kappa shape index (κ3) is 5.71. The van der Waals surface area contributed by atoms with Crippen molar-refractivity contribution >= 4 is 12.1 Å². The molecule has 0 bridgehead atoms. The lowest BCUT2D eigenvalue weighted by Crippen LogP contribution is -2.54. The molecule has 0 spiro atoms. The van der Waals surface area contributed by atoms with Gasteiger partial charge in [0.15, 0.2) is 0 Å². The minimum atomic E-state index is -0.779. The van der Waals surface area contributed by atoms with Gasteiger partial charge in [0.1, 0.15) is 11.6 Å². The Hall–Kier alpha value is -2.12. The van der Waals surface area contributed by atoms with E-state index in [1.54, 1.807) is 4.90 Å². The summed E-state index contributed by atoms with van der Waals surface area (Å²) in [6.07, 6.45) is 1.03. The molecule has 0 aliphatic carbocycles. The van der Waals surface area contributed by atoms with Crippen LogP contribution >= 0.6 is 0 Å². The molecule has 2 rings (SSSR count). The Morgan fingerprint density at radius 3 is 2.58 bits per heavy atom. The third-order valence-corrected chi connectivity index (χ3v) is 4.06. The lowest BCUT2D eigenvalue weighted by atomic mass is 10.1. The molecule has 7 nitrogen and oxygen atoms in total. The quantitative estimate of drug-likeness (QED) is 0.618. The summed E-state index contributed by atoms with van der Waals surface area (Å²) in [5.74, 6) is -0.474. The monoisotopic (exact) mass is 364 g/mol. The molecule has 0 radical (unpaired) electrons. The normalized spacial score (nSPS) is 18.5. The van der Waals surface area contributed by atoms with Crippen molar-refractivity contribution in [2.75, 3.05) is 13.7 Å². The van der Waals surface area contributed by atoms with E-state index in [0.717, 1.165) is 12.0 Å². The second-order valence-electron chi connectivity index (χ2n) is 7.28. The van der Waals surface area contributed by atoms with Crippen molar-refractivity contribution in [1.82, 2.24) is 10.4 Å². The van der Waals surface area contributed by atoms with Crippen LogP contribution in [-0.4, -0.2) is 48.3 Å². The number of benzene rings is 1. The van der Waals surface area contributed by atoms with Crippen LogP contribution in [0.5, 0.6) is 0 Å². The highest BCUT2D eigenvalue weighted by atomic mass is 16.6. The first-order valence-corrected chi connectivity index (χ1v) is 8.80. The fourth-order valence-electron chi connectivity index (χ4n) is 2.89. The van der Waals surface area contributed by atoms with Crippen molar-refractivity contribution in [3.05, 3.63) is 35.9 Å². The number of nitrogens with one attached hydrogen (secondary N) is 1. The van der Waals surface area contributed by atoms with Gasteiger partial charge in [0.25, 0.3) is 0 Å². The van der Waals surface area contributed by atoms with Gasteiger partial charge in [-0.15, -0.1) is 0 Å². The Balaban J connectivity index is 2.02. The molecule has 1 N–H and O–H groups in total. The molecule has 2 unspecified atom stereocenters. The summed E-state index contributed by atoms with van der Waals surface area (Å²) < 4.78 is 10.4. The standard InChI is InChI=1S/C19H28N2O5/c1-19(2,3)26-18(23)21-12-8-11-15(21)16(17(22)24-4)20-25-13-14-9-6-5-7-10-14/h5-7,9-10,15-16,20H,8,11-13H2,1-4H3. The Morgan fingerprint density at radius 1 is 1.27 bits per heavy atom. The predicted molar refractivity (Wildman–Crippen MR) is 96.1 cm³/mol. The van der Waals surface area contributed by atoms with Gasteiger partial charge in [-0.1, -0.05) is 30.3 Å². The van der Waals surface area contributed by atoms with Crippen LogP contribution in [-0.2, 0) is 25.7 Å². The van der Waals surface area contributed by atoms with Crippen LogP contribution in [0, 0.1) is 0 Å². The maximum atomic E-state index is 12.5.